The zero-order valence-corrected chi connectivity index (χ0v) is 11.0. The van der Waals surface area contributed by atoms with Crippen LogP contribution in [0.25, 0.3) is 0 Å². The molecule has 1 unspecified atom stereocenters. The Morgan fingerprint density at radius 3 is 2.76 bits per heavy atom. The number of carbonyl (C=O) groups excluding carboxylic acids is 1. The normalized spacial score (nSPS) is 12.8. The van der Waals surface area contributed by atoms with E-state index in [0.717, 1.165) is 12.1 Å². The number of amides is 1. The van der Waals surface area contributed by atoms with Crippen LogP contribution in [-0.2, 0) is 13.5 Å². The molecule has 1 aromatic heterocycles. The van der Waals surface area contributed by atoms with Crippen LogP contribution in [0.15, 0.2) is 6.20 Å². The molecule has 0 saturated carbocycles. The van der Waals surface area contributed by atoms with E-state index in [1.807, 2.05) is 27.8 Å². The topological polar surface area (TPSA) is 72.9 Å². The summed E-state index contributed by atoms with van der Waals surface area (Å²) < 4.78 is 1.66. The summed E-state index contributed by atoms with van der Waals surface area (Å²) >= 11 is 0. The summed E-state index contributed by atoms with van der Waals surface area (Å²) in [5.74, 6) is 0.265. The van der Waals surface area contributed by atoms with E-state index in [4.69, 9.17) is 5.73 Å². The number of nitrogens with two attached hydrogens (primary N) is 1. The summed E-state index contributed by atoms with van der Waals surface area (Å²) in [6.07, 6.45) is 2.49. The Hall–Kier alpha value is -1.36. The molecule has 0 aliphatic carbocycles. The number of aryl methyl sites for hydroxylation is 2. The number of hydrogen-bond acceptors (Lipinski definition) is 3. The van der Waals surface area contributed by atoms with Crippen LogP contribution in [0.2, 0.25) is 0 Å². The second-order valence-electron chi connectivity index (χ2n) is 4.63. The van der Waals surface area contributed by atoms with Gasteiger partial charge in [0.2, 0.25) is 0 Å². The molecule has 1 aromatic rings. The molecule has 3 N–H and O–H groups in total. The van der Waals surface area contributed by atoms with Crippen molar-refractivity contribution in [1.29, 1.82) is 0 Å². The zero-order valence-electron chi connectivity index (χ0n) is 11.0. The van der Waals surface area contributed by atoms with Crippen molar-refractivity contribution < 1.29 is 4.79 Å². The first-order valence-electron chi connectivity index (χ1n) is 6.02. The van der Waals surface area contributed by atoms with Gasteiger partial charge in [-0.25, -0.2) is 0 Å². The molecule has 0 aliphatic rings. The maximum absolute atomic E-state index is 11.9. The average Bonchev–Trinajstić information content (AvgIpc) is 2.66. The molecule has 1 heterocycles. The van der Waals surface area contributed by atoms with Gasteiger partial charge in [0.25, 0.3) is 5.91 Å². The molecule has 0 spiro atoms. The Morgan fingerprint density at radius 1 is 1.59 bits per heavy atom. The van der Waals surface area contributed by atoms with Crippen molar-refractivity contribution in [2.45, 2.75) is 33.2 Å². The Labute approximate surface area is 102 Å². The van der Waals surface area contributed by atoms with Crippen molar-refractivity contribution in [2.75, 3.05) is 6.54 Å². The number of hydrogen-bond donors (Lipinski definition) is 2. The minimum atomic E-state index is -0.0916. The van der Waals surface area contributed by atoms with Crippen LogP contribution in [0.5, 0.6) is 0 Å². The Kier molecular flexibility index (Phi) is 4.69. The fourth-order valence-corrected chi connectivity index (χ4v) is 1.53. The van der Waals surface area contributed by atoms with E-state index in [1.54, 1.807) is 10.9 Å². The molecule has 0 saturated heterocycles. The molecule has 17 heavy (non-hydrogen) atoms. The van der Waals surface area contributed by atoms with Gasteiger partial charge < -0.3 is 11.1 Å². The van der Waals surface area contributed by atoms with E-state index < -0.39 is 0 Å². The fourth-order valence-electron chi connectivity index (χ4n) is 1.53. The smallest absolute Gasteiger partial charge is 0.254 e. The van der Waals surface area contributed by atoms with E-state index in [9.17, 15) is 4.79 Å². The van der Waals surface area contributed by atoms with Crippen molar-refractivity contribution in [3.05, 3.63) is 17.5 Å². The first-order valence-corrected chi connectivity index (χ1v) is 6.02. The molecule has 96 valence electrons. The van der Waals surface area contributed by atoms with E-state index >= 15 is 0 Å². The molecule has 5 nitrogen and oxygen atoms in total. The molecule has 0 fully saturated rings. The molecule has 0 aliphatic heterocycles. The van der Waals surface area contributed by atoms with Gasteiger partial charge in [0.05, 0.1) is 11.3 Å². The fraction of sp³-hybridized carbons (Fsp3) is 0.667. The highest BCUT2D eigenvalue weighted by Gasteiger charge is 2.15. The maximum atomic E-state index is 11.9. The summed E-state index contributed by atoms with van der Waals surface area (Å²) in [7, 11) is 1.82. The number of nitrogens with one attached hydrogen (secondary N) is 1. The minimum absolute atomic E-state index is 0.0132. The summed E-state index contributed by atoms with van der Waals surface area (Å²) in [5.41, 5.74) is 7.35. The third-order valence-electron chi connectivity index (χ3n) is 2.84. The van der Waals surface area contributed by atoms with Gasteiger partial charge in [-0.3, -0.25) is 9.48 Å². The van der Waals surface area contributed by atoms with Gasteiger partial charge in [-0.2, -0.15) is 5.10 Å². The van der Waals surface area contributed by atoms with E-state index in [1.165, 1.54) is 0 Å². The third kappa shape index (κ3) is 3.56. The molecular formula is C12H22N4O. The van der Waals surface area contributed by atoms with Gasteiger partial charge in [-0.15, -0.1) is 0 Å². The largest absolute Gasteiger partial charge is 0.350 e. The lowest BCUT2D eigenvalue weighted by Crippen LogP contribution is -2.40. The average molecular weight is 238 g/mol. The highest BCUT2D eigenvalue weighted by molar-refractivity contribution is 5.95. The molecule has 0 aromatic carbocycles. The van der Waals surface area contributed by atoms with Crippen molar-refractivity contribution in [3.8, 4) is 0 Å². The van der Waals surface area contributed by atoms with Gasteiger partial charge in [0.1, 0.15) is 0 Å². The van der Waals surface area contributed by atoms with Crippen molar-refractivity contribution >= 4 is 5.91 Å². The van der Waals surface area contributed by atoms with Gasteiger partial charge in [-0.1, -0.05) is 20.8 Å². The molecular weight excluding hydrogens is 216 g/mol. The number of aromatic nitrogens is 2. The Bertz CT molecular complexity index is 384. The van der Waals surface area contributed by atoms with Gasteiger partial charge in [0, 0.05) is 25.8 Å². The first-order chi connectivity index (χ1) is 7.95. The Morgan fingerprint density at radius 2 is 2.24 bits per heavy atom. The summed E-state index contributed by atoms with van der Waals surface area (Å²) in [6.45, 7) is 6.56. The van der Waals surface area contributed by atoms with Crippen LogP contribution in [0.3, 0.4) is 0 Å². The predicted molar refractivity (Wildman–Crippen MR) is 67.7 cm³/mol. The SMILES string of the molecule is CCc1nn(C)cc1C(=O)NCC(N)C(C)C. The van der Waals surface area contributed by atoms with Crippen molar-refractivity contribution in [1.82, 2.24) is 15.1 Å². The van der Waals surface area contributed by atoms with Crippen LogP contribution in [-0.4, -0.2) is 28.3 Å². The van der Waals surface area contributed by atoms with Gasteiger partial charge in [-0.05, 0) is 12.3 Å². The summed E-state index contributed by atoms with van der Waals surface area (Å²) in [6, 6.07) is -0.0132. The van der Waals surface area contributed by atoms with E-state index in [0.29, 0.717) is 18.0 Å². The van der Waals surface area contributed by atoms with Crippen LogP contribution < -0.4 is 11.1 Å². The second kappa shape index (κ2) is 5.82. The predicted octanol–water partition coefficient (Wildman–Crippen LogP) is 0.696. The first kappa shape index (κ1) is 13.7. The highest BCUT2D eigenvalue weighted by atomic mass is 16.1. The quantitative estimate of drug-likeness (QED) is 0.793. The zero-order chi connectivity index (χ0) is 13.0. The monoisotopic (exact) mass is 238 g/mol. The third-order valence-corrected chi connectivity index (χ3v) is 2.84. The van der Waals surface area contributed by atoms with E-state index in [2.05, 4.69) is 10.4 Å². The maximum Gasteiger partial charge on any atom is 0.254 e. The van der Waals surface area contributed by atoms with Crippen molar-refractivity contribution in [2.24, 2.45) is 18.7 Å². The highest BCUT2D eigenvalue weighted by Crippen LogP contribution is 2.07. The number of rotatable bonds is 5. The lowest BCUT2D eigenvalue weighted by Gasteiger charge is -2.15. The van der Waals surface area contributed by atoms with Gasteiger partial charge in [0.15, 0.2) is 0 Å². The van der Waals surface area contributed by atoms with Crippen molar-refractivity contribution in [3.63, 3.8) is 0 Å². The van der Waals surface area contributed by atoms with Crippen LogP contribution in [0, 0.1) is 5.92 Å². The van der Waals surface area contributed by atoms with Crippen LogP contribution in [0.4, 0.5) is 0 Å². The Balaban J connectivity index is 2.63. The molecule has 0 bridgehead atoms. The number of nitrogens with zero attached hydrogens (tertiary/aromatic N) is 2. The minimum Gasteiger partial charge on any atom is -0.350 e. The van der Waals surface area contributed by atoms with Gasteiger partial charge >= 0.3 is 0 Å². The summed E-state index contributed by atoms with van der Waals surface area (Å²) in [4.78, 5) is 11.9. The van der Waals surface area contributed by atoms with E-state index in [-0.39, 0.29) is 11.9 Å². The molecule has 1 amide bonds. The lowest BCUT2D eigenvalue weighted by molar-refractivity contribution is 0.0948. The molecule has 5 heteroatoms. The lowest BCUT2D eigenvalue weighted by atomic mass is 10.1. The summed E-state index contributed by atoms with van der Waals surface area (Å²) in [5, 5.41) is 7.09. The second-order valence-corrected chi connectivity index (χ2v) is 4.63. The molecule has 1 rings (SSSR count). The van der Waals surface area contributed by atoms with Crippen LogP contribution >= 0.6 is 0 Å². The van der Waals surface area contributed by atoms with Crippen LogP contribution in [0.1, 0.15) is 36.8 Å². The molecule has 1 atom stereocenters. The standard InChI is InChI=1S/C12H22N4O/c1-5-11-9(7-16(4)15-11)12(17)14-6-10(13)8(2)3/h7-8,10H,5-6,13H2,1-4H3,(H,14,17). The number of carbonyl (C=O) groups is 1. The molecule has 0 radical (unpaired) electrons.